The maximum absolute atomic E-state index is 11.5. The second-order valence-electron chi connectivity index (χ2n) is 4.64. The van der Waals surface area contributed by atoms with Gasteiger partial charge in [-0.2, -0.15) is 0 Å². The van der Waals surface area contributed by atoms with Crippen LogP contribution in [0.5, 0.6) is 0 Å². The molecule has 1 aromatic heterocycles. The molecule has 96 valence electrons. The SMILES string of the molecule is CCNC(=O)Cn1cncc1C(N)CC(C)C. The molecule has 0 bridgehead atoms. The lowest BCUT2D eigenvalue weighted by Gasteiger charge is -2.16. The van der Waals surface area contributed by atoms with Crippen LogP contribution in [0.4, 0.5) is 0 Å². The van der Waals surface area contributed by atoms with E-state index in [0.29, 0.717) is 12.5 Å². The minimum atomic E-state index is -0.0630. The second-order valence-corrected chi connectivity index (χ2v) is 4.64. The van der Waals surface area contributed by atoms with Crippen LogP contribution >= 0.6 is 0 Å². The fraction of sp³-hybridized carbons (Fsp3) is 0.667. The molecule has 3 N–H and O–H groups in total. The first-order valence-corrected chi connectivity index (χ1v) is 6.06. The van der Waals surface area contributed by atoms with Crippen molar-refractivity contribution in [2.45, 2.75) is 39.8 Å². The molecule has 0 saturated carbocycles. The number of nitrogens with zero attached hydrogens (tertiary/aromatic N) is 2. The molecular weight excluding hydrogens is 216 g/mol. The van der Waals surface area contributed by atoms with Crippen LogP contribution in [-0.2, 0) is 11.3 Å². The van der Waals surface area contributed by atoms with Crippen molar-refractivity contribution in [3.05, 3.63) is 18.2 Å². The summed E-state index contributed by atoms with van der Waals surface area (Å²) in [5.41, 5.74) is 7.02. The fourth-order valence-electron chi connectivity index (χ4n) is 1.81. The summed E-state index contributed by atoms with van der Waals surface area (Å²) in [6.07, 6.45) is 4.29. The zero-order valence-electron chi connectivity index (χ0n) is 10.8. The quantitative estimate of drug-likeness (QED) is 0.778. The Morgan fingerprint density at radius 2 is 2.29 bits per heavy atom. The topological polar surface area (TPSA) is 72.9 Å². The molecule has 0 radical (unpaired) electrons. The number of carbonyl (C=O) groups excluding carboxylic acids is 1. The molecule has 1 unspecified atom stereocenters. The number of nitrogens with one attached hydrogen (secondary N) is 1. The van der Waals surface area contributed by atoms with Gasteiger partial charge in [-0.1, -0.05) is 13.8 Å². The van der Waals surface area contributed by atoms with Crippen molar-refractivity contribution in [1.82, 2.24) is 14.9 Å². The Hall–Kier alpha value is -1.36. The number of imidazole rings is 1. The summed E-state index contributed by atoms with van der Waals surface area (Å²) < 4.78 is 1.82. The molecule has 1 atom stereocenters. The normalized spacial score (nSPS) is 12.8. The van der Waals surface area contributed by atoms with Gasteiger partial charge in [0.2, 0.25) is 5.91 Å². The third-order valence-corrected chi connectivity index (χ3v) is 2.54. The molecule has 1 rings (SSSR count). The van der Waals surface area contributed by atoms with Gasteiger partial charge in [-0.3, -0.25) is 4.79 Å². The molecular formula is C12H22N4O. The van der Waals surface area contributed by atoms with E-state index in [1.807, 2.05) is 11.5 Å². The average Bonchev–Trinajstić information content (AvgIpc) is 2.65. The van der Waals surface area contributed by atoms with Gasteiger partial charge < -0.3 is 15.6 Å². The van der Waals surface area contributed by atoms with E-state index in [1.54, 1.807) is 12.5 Å². The lowest BCUT2D eigenvalue weighted by Crippen LogP contribution is -2.28. The highest BCUT2D eigenvalue weighted by molar-refractivity contribution is 5.75. The largest absolute Gasteiger partial charge is 0.355 e. The fourth-order valence-corrected chi connectivity index (χ4v) is 1.81. The number of likely N-dealkylation sites (N-methyl/N-ethyl adjacent to an activating group) is 1. The van der Waals surface area contributed by atoms with E-state index in [2.05, 4.69) is 24.1 Å². The summed E-state index contributed by atoms with van der Waals surface area (Å²) in [6, 6.07) is -0.0630. The predicted octanol–water partition coefficient (Wildman–Crippen LogP) is 1.07. The predicted molar refractivity (Wildman–Crippen MR) is 67.3 cm³/mol. The van der Waals surface area contributed by atoms with E-state index in [4.69, 9.17) is 5.73 Å². The van der Waals surface area contributed by atoms with Crippen LogP contribution in [0.15, 0.2) is 12.5 Å². The van der Waals surface area contributed by atoms with Gasteiger partial charge in [0.05, 0.1) is 12.0 Å². The molecule has 1 amide bonds. The Morgan fingerprint density at radius 1 is 1.59 bits per heavy atom. The van der Waals surface area contributed by atoms with Gasteiger partial charge in [0, 0.05) is 18.8 Å². The number of carbonyl (C=O) groups is 1. The third-order valence-electron chi connectivity index (χ3n) is 2.54. The van der Waals surface area contributed by atoms with Crippen LogP contribution in [0.3, 0.4) is 0 Å². The minimum Gasteiger partial charge on any atom is -0.355 e. The zero-order valence-corrected chi connectivity index (χ0v) is 10.8. The summed E-state index contributed by atoms with van der Waals surface area (Å²) >= 11 is 0. The smallest absolute Gasteiger partial charge is 0.239 e. The molecule has 1 heterocycles. The van der Waals surface area contributed by atoms with Crippen molar-refractivity contribution < 1.29 is 4.79 Å². The number of hydrogen-bond acceptors (Lipinski definition) is 3. The lowest BCUT2D eigenvalue weighted by atomic mass is 10.0. The van der Waals surface area contributed by atoms with Gasteiger partial charge in [-0.05, 0) is 19.3 Å². The molecule has 1 aromatic rings. The van der Waals surface area contributed by atoms with Gasteiger partial charge in [0.1, 0.15) is 6.54 Å². The standard InChI is InChI=1S/C12H22N4O/c1-4-15-12(17)7-16-8-14-6-11(16)10(13)5-9(2)3/h6,8-10H,4-5,7,13H2,1-3H3,(H,15,17). The van der Waals surface area contributed by atoms with Crippen molar-refractivity contribution in [3.63, 3.8) is 0 Å². The van der Waals surface area contributed by atoms with Crippen molar-refractivity contribution in [3.8, 4) is 0 Å². The van der Waals surface area contributed by atoms with E-state index in [0.717, 1.165) is 12.1 Å². The van der Waals surface area contributed by atoms with Crippen LogP contribution in [0.1, 0.15) is 38.9 Å². The van der Waals surface area contributed by atoms with Crippen LogP contribution in [-0.4, -0.2) is 22.0 Å². The molecule has 0 fully saturated rings. The molecule has 0 saturated heterocycles. The number of amides is 1. The van der Waals surface area contributed by atoms with E-state index in [-0.39, 0.29) is 18.5 Å². The van der Waals surface area contributed by atoms with Gasteiger partial charge in [0.25, 0.3) is 0 Å². The van der Waals surface area contributed by atoms with Gasteiger partial charge >= 0.3 is 0 Å². The van der Waals surface area contributed by atoms with Crippen molar-refractivity contribution >= 4 is 5.91 Å². The monoisotopic (exact) mass is 238 g/mol. The van der Waals surface area contributed by atoms with Gasteiger partial charge in [-0.25, -0.2) is 4.98 Å². The van der Waals surface area contributed by atoms with E-state index >= 15 is 0 Å². The summed E-state index contributed by atoms with van der Waals surface area (Å²) in [7, 11) is 0. The molecule has 17 heavy (non-hydrogen) atoms. The summed E-state index contributed by atoms with van der Waals surface area (Å²) in [5.74, 6) is 0.515. The van der Waals surface area contributed by atoms with E-state index < -0.39 is 0 Å². The van der Waals surface area contributed by atoms with Crippen LogP contribution < -0.4 is 11.1 Å². The lowest BCUT2D eigenvalue weighted by molar-refractivity contribution is -0.121. The summed E-state index contributed by atoms with van der Waals surface area (Å²) in [5, 5.41) is 2.76. The second kappa shape index (κ2) is 6.39. The van der Waals surface area contributed by atoms with Crippen molar-refractivity contribution in [2.75, 3.05) is 6.54 Å². The molecule has 0 aliphatic carbocycles. The van der Waals surface area contributed by atoms with E-state index in [9.17, 15) is 4.79 Å². The van der Waals surface area contributed by atoms with Gasteiger partial charge in [0.15, 0.2) is 0 Å². The van der Waals surface area contributed by atoms with Crippen LogP contribution in [0.2, 0.25) is 0 Å². The Kier molecular flexibility index (Phi) is 5.15. The molecule has 5 heteroatoms. The highest BCUT2D eigenvalue weighted by atomic mass is 16.1. The molecule has 0 aliphatic heterocycles. The number of nitrogens with two attached hydrogens (primary N) is 1. The molecule has 5 nitrogen and oxygen atoms in total. The van der Waals surface area contributed by atoms with Crippen molar-refractivity contribution in [2.24, 2.45) is 11.7 Å². The maximum Gasteiger partial charge on any atom is 0.239 e. The average molecular weight is 238 g/mol. The first-order valence-electron chi connectivity index (χ1n) is 6.06. The number of aromatic nitrogens is 2. The third kappa shape index (κ3) is 4.19. The summed E-state index contributed by atoms with van der Waals surface area (Å²) in [6.45, 7) is 7.09. The van der Waals surface area contributed by atoms with Crippen LogP contribution in [0.25, 0.3) is 0 Å². The number of hydrogen-bond donors (Lipinski definition) is 2. The highest BCUT2D eigenvalue weighted by Crippen LogP contribution is 2.18. The molecule has 0 aliphatic rings. The summed E-state index contributed by atoms with van der Waals surface area (Å²) in [4.78, 5) is 15.6. The Bertz CT molecular complexity index is 359. The molecule has 0 spiro atoms. The van der Waals surface area contributed by atoms with E-state index in [1.165, 1.54) is 0 Å². The zero-order chi connectivity index (χ0) is 12.8. The van der Waals surface area contributed by atoms with Crippen molar-refractivity contribution in [1.29, 1.82) is 0 Å². The van der Waals surface area contributed by atoms with Gasteiger partial charge in [-0.15, -0.1) is 0 Å². The molecule has 0 aromatic carbocycles. The Labute approximate surface area is 102 Å². The highest BCUT2D eigenvalue weighted by Gasteiger charge is 2.14. The maximum atomic E-state index is 11.5. The minimum absolute atomic E-state index is 0.0107. The first kappa shape index (κ1) is 13.7. The first-order chi connectivity index (χ1) is 8.04. The Balaban J connectivity index is 2.68. The van der Waals surface area contributed by atoms with Crippen LogP contribution in [0, 0.1) is 5.92 Å². The Morgan fingerprint density at radius 3 is 2.88 bits per heavy atom. The number of rotatable bonds is 6.